The Bertz CT molecular complexity index is 624. The Morgan fingerprint density at radius 3 is 2.80 bits per heavy atom. The van der Waals surface area contributed by atoms with Crippen LogP contribution in [-0.4, -0.2) is 53.1 Å². The Morgan fingerprint density at radius 2 is 2.05 bits per heavy atom. The van der Waals surface area contributed by atoms with Crippen LogP contribution >= 0.6 is 15.9 Å². The average molecular weight is 336 g/mol. The third kappa shape index (κ3) is 2.66. The van der Waals surface area contributed by atoms with Crippen LogP contribution in [0.2, 0.25) is 0 Å². The molecule has 1 aliphatic rings. The van der Waals surface area contributed by atoms with Gasteiger partial charge in [0, 0.05) is 44.3 Å². The lowest BCUT2D eigenvalue weighted by Crippen LogP contribution is -2.43. The largest absolute Gasteiger partial charge is 0.505 e. The lowest BCUT2D eigenvalue weighted by atomic mass is 10.1. The van der Waals surface area contributed by atoms with E-state index in [-0.39, 0.29) is 5.75 Å². The molecule has 4 nitrogen and oxygen atoms in total. The van der Waals surface area contributed by atoms with E-state index in [2.05, 4.69) is 37.8 Å². The summed E-state index contributed by atoms with van der Waals surface area (Å²) in [5.41, 5.74) is 1.88. The van der Waals surface area contributed by atoms with E-state index in [0.29, 0.717) is 9.99 Å². The second kappa shape index (κ2) is 5.68. The molecule has 1 aromatic heterocycles. The van der Waals surface area contributed by atoms with Gasteiger partial charge in [0.25, 0.3) is 0 Å². The number of piperazine rings is 1. The van der Waals surface area contributed by atoms with Gasteiger partial charge in [-0.2, -0.15) is 0 Å². The molecule has 0 radical (unpaired) electrons. The molecule has 0 unspecified atom stereocenters. The van der Waals surface area contributed by atoms with E-state index < -0.39 is 0 Å². The summed E-state index contributed by atoms with van der Waals surface area (Å²) in [5.74, 6) is 0.225. The van der Waals surface area contributed by atoms with Gasteiger partial charge in [0.15, 0.2) is 5.75 Å². The summed E-state index contributed by atoms with van der Waals surface area (Å²) in [4.78, 5) is 9.10. The number of phenolic OH excluding ortho intramolecular Hbond substituents is 1. The first-order chi connectivity index (χ1) is 9.65. The molecule has 0 bridgehead atoms. The third-order valence-electron chi connectivity index (χ3n) is 3.89. The van der Waals surface area contributed by atoms with Crippen LogP contribution in [0.4, 0.5) is 0 Å². The van der Waals surface area contributed by atoms with E-state index in [4.69, 9.17) is 0 Å². The first-order valence-electron chi connectivity index (χ1n) is 6.81. The minimum atomic E-state index is 0.225. The molecule has 106 valence electrons. The third-order valence-corrected chi connectivity index (χ3v) is 4.50. The van der Waals surface area contributed by atoms with E-state index in [9.17, 15) is 5.11 Å². The highest BCUT2D eigenvalue weighted by molar-refractivity contribution is 9.10. The zero-order valence-electron chi connectivity index (χ0n) is 11.5. The molecule has 2 heterocycles. The summed E-state index contributed by atoms with van der Waals surface area (Å²) in [6.07, 6.45) is 1.72. The molecule has 1 fully saturated rings. The van der Waals surface area contributed by atoms with E-state index in [1.165, 1.54) is 5.56 Å². The van der Waals surface area contributed by atoms with E-state index in [1.807, 2.05) is 18.2 Å². The lowest BCUT2D eigenvalue weighted by molar-refractivity contribution is 0.148. The van der Waals surface area contributed by atoms with Crippen LogP contribution in [0.5, 0.6) is 5.75 Å². The van der Waals surface area contributed by atoms with Gasteiger partial charge in [0.05, 0.1) is 4.47 Å². The maximum absolute atomic E-state index is 10.1. The number of nitrogens with zero attached hydrogens (tertiary/aromatic N) is 3. The summed E-state index contributed by atoms with van der Waals surface area (Å²) < 4.78 is 0.716. The first-order valence-corrected chi connectivity index (χ1v) is 7.60. The van der Waals surface area contributed by atoms with Crippen LogP contribution in [0.3, 0.4) is 0 Å². The van der Waals surface area contributed by atoms with Crippen LogP contribution < -0.4 is 0 Å². The van der Waals surface area contributed by atoms with Crippen LogP contribution in [0.25, 0.3) is 10.9 Å². The second-order valence-electron chi connectivity index (χ2n) is 5.35. The number of aromatic nitrogens is 1. The Morgan fingerprint density at radius 1 is 1.30 bits per heavy atom. The van der Waals surface area contributed by atoms with E-state index in [1.54, 1.807) is 6.20 Å². The average Bonchev–Trinajstić information content (AvgIpc) is 2.47. The Kier molecular flexibility index (Phi) is 3.92. The molecular weight excluding hydrogens is 318 g/mol. The van der Waals surface area contributed by atoms with Gasteiger partial charge in [-0.3, -0.25) is 9.88 Å². The predicted octanol–water partition coefficient (Wildman–Crippen LogP) is 2.45. The van der Waals surface area contributed by atoms with Crippen molar-refractivity contribution in [2.45, 2.75) is 6.54 Å². The molecular formula is C15H18BrN3O. The molecule has 1 aromatic carbocycles. The number of halogens is 1. The molecule has 1 saturated heterocycles. The lowest BCUT2D eigenvalue weighted by Gasteiger charge is -2.32. The zero-order chi connectivity index (χ0) is 14.1. The van der Waals surface area contributed by atoms with Gasteiger partial charge < -0.3 is 10.0 Å². The number of hydrogen-bond acceptors (Lipinski definition) is 4. The number of aromatic hydroxyl groups is 1. The molecule has 5 heteroatoms. The van der Waals surface area contributed by atoms with Crippen molar-refractivity contribution in [2.24, 2.45) is 0 Å². The maximum Gasteiger partial charge on any atom is 0.156 e. The van der Waals surface area contributed by atoms with Crippen LogP contribution in [-0.2, 0) is 6.54 Å². The van der Waals surface area contributed by atoms with Crippen molar-refractivity contribution in [1.82, 2.24) is 14.8 Å². The van der Waals surface area contributed by atoms with Crippen molar-refractivity contribution in [3.05, 3.63) is 34.4 Å². The molecule has 0 atom stereocenters. The number of pyridine rings is 1. The molecule has 1 aliphatic heterocycles. The highest BCUT2D eigenvalue weighted by Crippen LogP contribution is 2.34. The maximum atomic E-state index is 10.1. The van der Waals surface area contributed by atoms with Crippen molar-refractivity contribution in [2.75, 3.05) is 33.2 Å². The van der Waals surface area contributed by atoms with Crippen molar-refractivity contribution >= 4 is 26.8 Å². The van der Waals surface area contributed by atoms with Crippen molar-refractivity contribution in [1.29, 1.82) is 0 Å². The highest BCUT2D eigenvalue weighted by atomic mass is 79.9. The number of rotatable bonds is 2. The first kappa shape index (κ1) is 13.8. The molecule has 2 aromatic rings. The minimum absolute atomic E-state index is 0.225. The minimum Gasteiger partial charge on any atom is -0.505 e. The smallest absolute Gasteiger partial charge is 0.156 e. The van der Waals surface area contributed by atoms with Crippen LogP contribution in [0, 0.1) is 0 Å². The Labute approximate surface area is 127 Å². The normalized spacial score (nSPS) is 17.7. The van der Waals surface area contributed by atoms with Gasteiger partial charge in [-0.1, -0.05) is 6.07 Å². The van der Waals surface area contributed by atoms with Crippen molar-refractivity contribution in [3.63, 3.8) is 0 Å². The summed E-state index contributed by atoms with van der Waals surface area (Å²) in [6.45, 7) is 5.27. The Balaban J connectivity index is 1.93. The van der Waals surface area contributed by atoms with E-state index >= 15 is 0 Å². The fourth-order valence-electron chi connectivity index (χ4n) is 2.64. The molecule has 3 rings (SSSR count). The summed E-state index contributed by atoms with van der Waals surface area (Å²) in [7, 11) is 2.16. The number of benzene rings is 1. The molecule has 20 heavy (non-hydrogen) atoms. The van der Waals surface area contributed by atoms with Gasteiger partial charge in [-0.25, -0.2) is 0 Å². The van der Waals surface area contributed by atoms with Gasteiger partial charge in [-0.15, -0.1) is 0 Å². The molecule has 0 aliphatic carbocycles. The number of phenols is 1. The number of hydrogen-bond donors (Lipinski definition) is 1. The quantitative estimate of drug-likeness (QED) is 0.915. The molecule has 1 N–H and O–H groups in total. The number of fused-ring (bicyclic) bond motifs is 1. The fraction of sp³-hybridized carbons (Fsp3) is 0.400. The number of likely N-dealkylation sites (N-methyl/N-ethyl adjacent to an activating group) is 1. The van der Waals surface area contributed by atoms with Crippen molar-refractivity contribution in [3.8, 4) is 5.75 Å². The predicted molar refractivity (Wildman–Crippen MR) is 83.9 cm³/mol. The van der Waals surface area contributed by atoms with Gasteiger partial charge >= 0.3 is 0 Å². The van der Waals surface area contributed by atoms with Crippen molar-refractivity contribution < 1.29 is 5.11 Å². The standard InChI is InChI=1S/C15H18BrN3O/c1-18-5-7-19(8-6-18)10-11-9-13(16)15(20)14-12(11)3-2-4-17-14/h2-4,9,20H,5-8,10H2,1H3. The van der Waals surface area contributed by atoms with Gasteiger partial charge in [0.2, 0.25) is 0 Å². The topological polar surface area (TPSA) is 39.6 Å². The fourth-order valence-corrected chi connectivity index (χ4v) is 3.11. The SMILES string of the molecule is CN1CCN(Cc2cc(Br)c(O)c3ncccc23)CC1. The molecule has 0 amide bonds. The van der Waals surface area contributed by atoms with E-state index in [0.717, 1.165) is 38.1 Å². The second-order valence-corrected chi connectivity index (χ2v) is 6.20. The molecule has 0 saturated carbocycles. The summed E-state index contributed by atoms with van der Waals surface area (Å²) >= 11 is 3.42. The monoisotopic (exact) mass is 335 g/mol. The zero-order valence-corrected chi connectivity index (χ0v) is 13.1. The van der Waals surface area contributed by atoms with Crippen LogP contribution in [0.15, 0.2) is 28.9 Å². The van der Waals surface area contributed by atoms with Gasteiger partial charge in [-0.05, 0) is 40.7 Å². The Hall–Kier alpha value is -1.17. The van der Waals surface area contributed by atoms with Crippen LogP contribution in [0.1, 0.15) is 5.56 Å². The van der Waals surface area contributed by atoms with Gasteiger partial charge in [0.1, 0.15) is 5.52 Å². The molecule has 0 spiro atoms. The summed E-state index contributed by atoms with van der Waals surface area (Å²) in [6, 6.07) is 5.96. The highest BCUT2D eigenvalue weighted by Gasteiger charge is 2.17. The summed E-state index contributed by atoms with van der Waals surface area (Å²) in [5, 5.41) is 11.1.